The average Bonchev–Trinajstić information content (AvgIpc) is 2.40. The van der Waals surface area contributed by atoms with Gasteiger partial charge in [-0.25, -0.2) is 0 Å². The summed E-state index contributed by atoms with van der Waals surface area (Å²) in [6, 6.07) is 12.9. The van der Waals surface area contributed by atoms with Gasteiger partial charge in [0.2, 0.25) is 0 Å². The van der Waals surface area contributed by atoms with Crippen LogP contribution < -0.4 is 4.74 Å². The van der Waals surface area contributed by atoms with E-state index < -0.39 is 0 Å². The second-order valence-electron chi connectivity index (χ2n) is 3.73. The summed E-state index contributed by atoms with van der Waals surface area (Å²) in [4.78, 5) is 11.8. The van der Waals surface area contributed by atoms with Crippen LogP contribution in [0.2, 0.25) is 0 Å². The Hall–Kier alpha value is -2.49. The molecule has 0 atom stereocenters. The van der Waals surface area contributed by atoms with Crippen molar-refractivity contribution in [3.63, 3.8) is 0 Å². The number of para-hydroxylation sites is 1. The van der Waals surface area contributed by atoms with Crippen LogP contribution in [0.3, 0.4) is 0 Å². The molecule has 0 bridgehead atoms. The molecular formula is C14H12O4. The van der Waals surface area contributed by atoms with E-state index in [1.807, 2.05) is 18.2 Å². The summed E-state index contributed by atoms with van der Waals surface area (Å²) in [5.74, 6) is -0.237. The summed E-state index contributed by atoms with van der Waals surface area (Å²) < 4.78 is 5.30. The molecule has 18 heavy (non-hydrogen) atoms. The van der Waals surface area contributed by atoms with E-state index in [0.717, 1.165) is 0 Å². The average molecular weight is 244 g/mol. The van der Waals surface area contributed by atoms with Gasteiger partial charge in [0.05, 0.1) is 0 Å². The number of hydrogen-bond donors (Lipinski definition) is 2. The summed E-state index contributed by atoms with van der Waals surface area (Å²) in [6.45, 7) is -0.117. The van der Waals surface area contributed by atoms with Crippen molar-refractivity contribution in [1.82, 2.24) is 0 Å². The maximum atomic E-state index is 11.8. The third kappa shape index (κ3) is 2.79. The highest BCUT2D eigenvalue weighted by Crippen LogP contribution is 2.25. The zero-order chi connectivity index (χ0) is 13.0. The lowest BCUT2D eigenvalue weighted by molar-refractivity contribution is 0.0921. The first kappa shape index (κ1) is 12.0. The summed E-state index contributed by atoms with van der Waals surface area (Å²) in [7, 11) is 0. The number of carbonyl (C=O) groups excluding carboxylic acids is 1. The second kappa shape index (κ2) is 5.23. The van der Waals surface area contributed by atoms with Crippen molar-refractivity contribution in [2.24, 2.45) is 0 Å². The number of ketones is 1. The lowest BCUT2D eigenvalue weighted by atomic mass is 10.1. The summed E-state index contributed by atoms with van der Waals surface area (Å²) in [5, 5.41) is 18.4. The number of carbonyl (C=O) groups is 1. The van der Waals surface area contributed by atoms with Gasteiger partial charge in [-0.1, -0.05) is 18.2 Å². The van der Waals surface area contributed by atoms with Crippen LogP contribution in [0.15, 0.2) is 48.5 Å². The highest BCUT2D eigenvalue weighted by Gasteiger charge is 2.09. The van der Waals surface area contributed by atoms with Crippen LogP contribution in [0.25, 0.3) is 0 Å². The van der Waals surface area contributed by atoms with Crippen molar-refractivity contribution in [3.05, 3.63) is 54.1 Å². The number of phenols is 2. The van der Waals surface area contributed by atoms with Crippen LogP contribution in [0.1, 0.15) is 10.4 Å². The van der Waals surface area contributed by atoms with Crippen molar-refractivity contribution >= 4 is 5.78 Å². The molecule has 0 heterocycles. The molecule has 0 unspecified atom stereocenters. The van der Waals surface area contributed by atoms with Gasteiger partial charge in [0.25, 0.3) is 0 Å². The molecule has 0 spiro atoms. The lowest BCUT2D eigenvalue weighted by Gasteiger charge is -2.06. The molecule has 0 radical (unpaired) electrons. The highest BCUT2D eigenvalue weighted by atomic mass is 16.5. The van der Waals surface area contributed by atoms with Crippen LogP contribution >= 0.6 is 0 Å². The highest BCUT2D eigenvalue weighted by molar-refractivity contribution is 5.97. The Labute approximate surface area is 104 Å². The number of ether oxygens (including phenoxy) is 1. The molecule has 4 nitrogen and oxygen atoms in total. The molecule has 0 fully saturated rings. The zero-order valence-electron chi connectivity index (χ0n) is 9.54. The Morgan fingerprint density at radius 2 is 1.72 bits per heavy atom. The van der Waals surface area contributed by atoms with Crippen LogP contribution in [-0.4, -0.2) is 22.6 Å². The number of hydrogen-bond acceptors (Lipinski definition) is 4. The number of benzene rings is 2. The third-order valence-corrected chi connectivity index (χ3v) is 2.41. The summed E-state index contributed by atoms with van der Waals surface area (Å²) >= 11 is 0. The van der Waals surface area contributed by atoms with Crippen molar-refractivity contribution in [2.45, 2.75) is 0 Å². The minimum Gasteiger partial charge on any atom is -0.504 e. The molecule has 4 heteroatoms. The van der Waals surface area contributed by atoms with Crippen LogP contribution in [-0.2, 0) is 0 Å². The molecule has 0 aliphatic rings. The van der Waals surface area contributed by atoms with Gasteiger partial charge in [-0.2, -0.15) is 0 Å². The molecule has 2 rings (SSSR count). The van der Waals surface area contributed by atoms with Crippen LogP contribution in [0, 0.1) is 0 Å². The van der Waals surface area contributed by atoms with Gasteiger partial charge in [0, 0.05) is 5.56 Å². The Morgan fingerprint density at radius 3 is 2.39 bits per heavy atom. The second-order valence-corrected chi connectivity index (χ2v) is 3.73. The van der Waals surface area contributed by atoms with E-state index in [1.54, 1.807) is 12.1 Å². The predicted molar refractivity (Wildman–Crippen MR) is 66.0 cm³/mol. The van der Waals surface area contributed by atoms with Crippen molar-refractivity contribution in [2.75, 3.05) is 6.61 Å². The number of rotatable bonds is 4. The molecule has 0 amide bonds. The monoisotopic (exact) mass is 244 g/mol. The van der Waals surface area contributed by atoms with E-state index in [2.05, 4.69) is 0 Å². The topological polar surface area (TPSA) is 66.8 Å². The molecular weight excluding hydrogens is 232 g/mol. The van der Waals surface area contributed by atoms with E-state index in [4.69, 9.17) is 9.84 Å². The normalized spacial score (nSPS) is 10.0. The van der Waals surface area contributed by atoms with Crippen LogP contribution in [0.4, 0.5) is 0 Å². The van der Waals surface area contributed by atoms with Gasteiger partial charge in [-0.15, -0.1) is 0 Å². The molecule has 0 aliphatic heterocycles. The lowest BCUT2D eigenvalue weighted by Crippen LogP contribution is -2.11. The van der Waals surface area contributed by atoms with Crippen molar-refractivity contribution < 1.29 is 19.7 Å². The maximum absolute atomic E-state index is 11.8. The minimum absolute atomic E-state index is 0.117. The van der Waals surface area contributed by atoms with Gasteiger partial charge < -0.3 is 14.9 Å². The molecule has 2 N–H and O–H groups in total. The molecule has 0 aromatic heterocycles. The predicted octanol–water partition coefficient (Wildman–Crippen LogP) is 2.36. The third-order valence-electron chi connectivity index (χ3n) is 2.41. The molecule has 2 aromatic carbocycles. The van der Waals surface area contributed by atoms with Gasteiger partial charge in [-0.05, 0) is 30.3 Å². The van der Waals surface area contributed by atoms with Gasteiger partial charge in [0.1, 0.15) is 5.75 Å². The fraction of sp³-hybridized carbons (Fsp3) is 0.0714. The zero-order valence-corrected chi connectivity index (χ0v) is 9.54. The smallest absolute Gasteiger partial charge is 0.200 e. The Kier molecular flexibility index (Phi) is 3.48. The van der Waals surface area contributed by atoms with Gasteiger partial charge in [-0.3, -0.25) is 4.79 Å². The first-order valence-corrected chi connectivity index (χ1v) is 5.40. The Balaban J connectivity index is 2.02. The quantitative estimate of drug-likeness (QED) is 0.640. The minimum atomic E-state index is -0.319. The van der Waals surface area contributed by atoms with E-state index in [1.165, 1.54) is 18.2 Å². The maximum Gasteiger partial charge on any atom is 0.200 e. The van der Waals surface area contributed by atoms with Gasteiger partial charge in [0.15, 0.2) is 23.9 Å². The number of phenolic OH excluding ortho intramolecular Hbond substituents is 2. The van der Waals surface area contributed by atoms with Gasteiger partial charge >= 0.3 is 0 Å². The first-order valence-electron chi connectivity index (χ1n) is 5.40. The molecule has 0 saturated carbocycles. The number of aromatic hydroxyl groups is 2. The molecule has 2 aromatic rings. The van der Waals surface area contributed by atoms with E-state index in [-0.39, 0.29) is 23.9 Å². The summed E-state index contributed by atoms with van der Waals surface area (Å²) in [6.07, 6.45) is 0. The van der Waals surface area contributed by atoms with E-state index >= 15 is 0 Å². The van der Waals surface area contributed by atoms with E-state index in [0.29, 0.717) is 11.3 Å². The first-order chi connectivity index (χ1) is 8.66. The molecule has 92 valence electrons. The van der Waals surface area contributed by atoms with E-state index in [9.17, 15) is 9.90 Å². The standard InChI is InChI=1S/C14H12O4/c15-12-7-6-10(8-13(12)16)14(17)9-18-11-4-2-1-3-5-11/h1-8,15-16H,9H2. The molecule has 0 aliphatic carbocycles. The Bertz CT molecular complexity index is 549. The van der Waals surface area contributed by atoms with Crippen molar-refractivity contribution in [3.8, 4) is 17.2 Å². The largest absolute Gasteiger partial charge is 0.504 e. The fourth-order valence-electron chi connectivity index (χ4n) is 1.45. The number of Topliss-reactive ketones (excluding diaryl/α,β-unsaturated/α-hetero) is 1. The summed E-state index contributed by atoms with van der Waals surface area (Å²) in [5.41, 5.74) is 0.293. The molecule has 0 saturated heterocycles. The van der Waals surface area contributed by atoms with Crippen LogP contribution in [0.5, 0.6) is 17.2 Å². The fourth-order valence-corrected chi connectivity index (χ4v) is 1.45. The SMILES string of the molecule is O=C(COc1ccccc1)c1ccc(O)c(O)c1. The Morgan fingerprint density at radius 1 is 1.00 bits per heavy atom. The van der Waals surface area contributed by atoms with Crippen molar-refractivity contribution in [1.29, 1.82) is 0 Å².